The molecule has 0 spiro atoms. The highest BCUT2D eigenvalue weighted by molar-refractivity contribution is 6.74. The molecule has 0 aliphatic rings. The summed E-state index contributed by atoms with van der Waals surface area (Å²) in [6.45, 7) is 18.1. The smallest absolute Gasteiger partial charge is 0.192 e. The third kappa shape index (κ3) is 9.37. The Kier molecular flexibility index (Phi) is 9.17. The molecule has 128 valence electrons. The summed E-state index contributed by atoms with van der Waals surface area (Å²) in [4.78, 5) is 10.9. The molecule has 0 heterocycles. The molecule has 0 saturated heterocycles. The molecule has 0 unspecified atom stereocenters. The molecule has 0 fully saturated rings. The van der Waals surface area contributed by atoms with Crippen LogP contribution in [0.15, 0.2) is 23.3 Å². The minimum atomic E-state index is -1.64. The first-order valence-corrected chi connectivity index (χ1v) is 11.3. The van der Waals surface area contributed by atoms with Crippen molar-refractivity contribution in [3.05, 3.63) is 23.3 Å². The van der Waals surface area contributed by atoms with E-state index in [1.165, 1.54) is 11.1 Å². The van der Waals surface area contributed by atoms with E-state index < -0.39 is 8.32 Å². The molecular formula is C19H36O2Si. The molecule has 0 rings (SSSR count). The minimum absolute atomic E-state index is 0.266. The number of ketones is 1. The quantitative estimate of drug-likeness (QED) is 0.381. The summed E-state index contributed by atoms with van der Waals surface area (Å²) >= 11 is 0. The van der Waals surface area contributed by atoms with Crippen LogP contribution in [0, 0.1) is 0 Å². The van der Waals surface area contributed by atoms with Crippen molar-refractivity contribution in [2.24, 2.45) is 0 Å². The fraction of sp³-hybridized carbons (Fsp3) is 0.737. The van der Waals surface area contributed by atoms with Gasteiger partial charge in [0, 0.05) is 6.42 Å². The second kappa shape index (κ2) is 9.46. The topological polar surface area (TPSA) is 26.3 Å². The monoisotopic (exact) mass is 324 g/mol. The zero-order valence-corrected chi connectivity index (χ0v) is 17.0. The lowest BCUT2D eigenvalue weighted by Crippen LogP contribution is -2.41. The number of Topliss-reactive ketones (excluding diaryl/α,β-unsaturated/α-hetero) is 1. The van der Waals surface area contributed by atoms with Gasteiger partial charge in [0.25, 0.3) is 0 Å². The van der Waals surface area contributed by atoms with Gasteiger partial charge >= 0.3 is 0 Å². The number of carbonyl (C=O) groups excluding carboxylic acids is 1. The fourth-order valence-corrected chi connectivity index (χ4v) is 2.76. The molecule has 0 atom stereocenters. The largest absolute Gasteiger partial charge is 0.413 e. The van der Waals surface area contributed by atoms with Crippen LogP contribution in [0.3, 0.4) is 0 Å². The first-order valence-electron chi connectivity index (χ1n) is 8.40. The summed E-state index contributed by atoms with van der Waals surface area (Å²) in [5.41, 5.74) is 2.69. The van der Waals surface area contributed by atoms with Gasteiger partial charge < -0.3 is 9.22 Å². The Morgan fingerprint density at radius 1 is 0.955 bits per heavy atom. The standard InChI is InChI=1S/C19H36O2Si/c1-16(12-10-14-18(3)20)11-9-13-17(2)15-21-22(7,8)19(4,5)6/h12-13H,9-11,14-15H2,1-8H3. The van der Waals surface area contributed by atoms with Gasteiger partial charge in [-0.15, -0.1) is 0 Å². The van der Waals surface area contributed by atoms with Crippen LogP contribution in [0.2, 0.25) is 18.1 Å². The van der Waals surface area contributed by atoms with Crippen molar-refractivity contribution in [2.45, 2.75) is 85.4 Å². The molecule has 3 heteroatoms. The van der Waals surface area contributed by atoms with Gasteiger partial charge in [-0.3, -0.25) is 0 Å². The molecule has 0 aromatic rings. The molecule has 2 nitrogen and oxygen atoms in total. The van der Waals surface area contributed by atoms with Crippen LogP contribution >= 0.6 is 0 Å². The van der Waals surface area contributed by atoms with Crippen molar-refractivity contribution in [3.8, 4) is 0 Å². The molecule has 0 saturated carbocycles. The minimum Gasteiger partial charge on any atom is -0.413 e. The van der Waals surface area contributed by atoms with E-state index in [-0.39, 0.29) is 10.8 Å². The summed E-state index contributed by atoms with van der Waals surface area (Å²) < 4.78 is 6.22. The SMILES string of the molecule is CC(=O)CCC=C(C)CCC=C(C)CO[Si](C)(C)C(C)(C)C. The molecule has 22 heavy (non-hydrogen) atoms. The van der Waals surface area contributed by atoms with Crippen molar-refractivity contribution in [1.29, 1.82) is 0 Å². The highest BCUT2D eigenvalue weighted by atomic mass is 28.4. The van der Waals surface area contributed by atoms with Crippen molar-refractivity contribution in [3.63, 3.8) is 0 Å². The maximum Gasteiger partial charge on any atom is 0.192 e. The number of rotatable bonds is 9. The first kappa shape index (κ1) is 21.3. The first-order chi connectivity index (χ1) is 9.95. The second-order valence-corrected chi connectivity index (χ2v) is 12.7. The van der Waals surface area contributed by atoms with Gasteiger partial charge in [-0.05, 0) is 58.2 Å². The fourth-order valence-electron chi connectivity index (χ4n) is 1.74. The van der Waals surface area contributed by atoms with E-state index in [0.29, 0.717) is 6.42 Å². The van der Waals surface area contributed by atoms with E-state index in [4.69, 9.17) is 4.43 Å². The van der Waals surface area contributed by atoms with Gasteiger partial charge in [-0.1, -0.05) is 44.1 Å². The number of carbonyl (C=O) groups is 1. The average molecular weight is 325 g/mol. The van der Waals surface area contributed by atoms with Gasteiger partial charge in [-0.25, -0.2) is 0 Å². The Hall–Kier alpha value is -0.673. The Morgan fingerprint density at radius 3 is 1.95 bits per heavy atom. The molecular weight excluding hydrogens is 288 g/mol. The van der Waals surface area contributed by atoms with Gasteiger partial charge in [0.15, 0.2) is 8.32 Å². The van der Waals surface area contributed by atoms with Gasteiger partial charge in [0.05, 0.1) is 6.61 Å². The zero-order chi connectivity index (χ0) is 17.4. The zero-order valence-electron chi connectivity index (χ0n) is 16.0. The number of hydrogen-bond donors (Lipinski definition) is 0. The predicted molar refractivity (Wildman–Crippen MR) is 99.8 cm³/mol. The normalized spacial score (nSPS) is 14.4. The Balaban J connectivity index is 4.17. The van der Waals surface area contributed by atoms with Crippen molar-refractivity contribution in [2.75, 3.05) is 6.61 Å². The maximum atomic E-state index is 10.9. The van der Waals surface area contributed by atoms with E-state index in [9.17, 15) is 4.79 Å². The van der Waals surface area contributed by atoms with Crippen LogP contribution < -0.4 is 0 Å². The molecule has 0 aromatic carbocycles. The van der Waals surface area contributed by atoms with Crippen LogP contribution in [-0.2, 0) is 9.22 Å². The van der Waals surface area contributed by atoms with Crippen molar-refractivity contribution in [1.82, 2.24) is 0 Å². The van der Waals surface area contributed by atoms with Crippen molar-refractivity contribution >= 4 is 14.1 Å². The molecule has 0 aliphatic carbocycles. The van der Waals surface area contributed by atoms with E-state index in [1.54, 1.807) is 6.92 Å². The maximum absolute atomic E-state index is 10.9. The number of allylic oxidation sites excluding steroid dienone is 3. The Labute approximate surface area is 139 Å². The Morgan fingerprint density at radius 2 is 1.45 bits per heavy atom. The summed E-state index contributed by atoms with van der Waals surface area (Å²) in [6, 6.07) is 0. The third-order valence-corrected chi connectivity index (χ3v) is 8.97. The Bertz CT molecular complexity index is 412. The van der Waals surface area contributed by atoms with Crippen LogP contribution in [0.5, 0.6) is 0 Å². The molecule has 0 amide bonds. The van der Waals surface area contributed by atoms with Gasteiger partial charge in [0.1, 0.15) is 5.78 Å². The van der Waals surface area contributed by atoms with E-state index in [0.717, 1.165) is 25.9 Å². The number of hydrogen-bond acceptors (Lipinski definition) is 2. The lowest BCUT2D eigenvalue weighted by Gasteiger charge is -2.36. The molecule has 0 aliphatic heterocycles. The van der Waals surface area contributed by atoms with E-state index in [2.05, 4.69) is 59.9 Å². The average Bonchev–Trinajstić information content (AvgIpc) is 2.34. The lowest BCUT2D eigenvalue weighted by molar-refractivity contribution is -0.116. The lowest BCUT2D eigenvalue weighted by atomic mass is 10.1. The molecule has 0 aromatic heterocycles. The van der Waals surface area contributed by atoms with E-state index >= 15 is 0 Å². The summed E-state index contributed by atoms with van der Waals surface area (Å²) in [7, 11) is -1.64. The van der Waals surface area contributed by atoms with Crippen LogP contribution in [-0.4, -0.2) is 20.7 Å². The van der Waals surface area contributed by atoms with Crippen LogP contribution in [0.25, 0.3) is 0 Å². The van der Waals surface area contributed by atoms with Crippen molar-refractivity contribution < 1.29 is 9.22 Å². The van der Waals surface area contributed by atoms with E-state index in [1.807, 2.05) is 0 Å². The summed E-state index contributed by atoms with van der Waals surface area (Å²) in [5.74, 6) is 0.266. The summed E-state index contributed by atoms with van der Waals surface area (Å²) in [5, 5.41) is 0.267. The molecule has 0 N–H and O–H groups in total. The molecule has 0 radical (unpaired) electrons. The van der Waals surface area contributed by atoms with Gasteiger partial charge in [0.2, 0.25) is 0 Å². The van der Waals surface area contributed by atoms with Gasteiger partial charge in [-0.2, -0.15) is 0 Å². The van der Waals surface area contributed by atoms with Crippen LogP contribution in [0.4, 0.5) is 0 Å². The predicted octanol–water partition coefficient (Wildman–Crippen LogP) is 6.05. The highest BCUT2D eigenvalue weighted by Crippen LogP contribution is 2.36. The summed E-state index contributed by atoms with van der Waals surface area (Å²) in [6.07, 6.45) is 8.13. The second-order valence-electron chi connectivity index (χ2n) is 7.93. The molecule has 0 bridgehead atoms. The third-order valence-electron chi connectivity index (χ3n) is 4.49. The highest BCUT2D eigenvalue weighted by Gasteiger charge is 2.36. The van der Waals surface area contributed by atoms with Crippen LogP contribution in [0.1, 0.15) is 67.2 Å².